The predicted molar refractivity (Wildman–Crippen MR) is 150 cm³/mol. The molecule has 2 aromatic rings. The van der Waals surface area contributed by atoms with E-state index in [0.717, 1.165) is 10.0 Å². The molecule has 3 rings (SSSR count). The minimum absolute atomic E-state index is 0.0506. The molecular weight excluding hydrogens is 574 g/mol. The number of nitrogens with one attached hydrogen (secondary N) is 2. The van der Waals surface area contributed by atoms with Crippen LogP contribution in [0.4, 0.5) is 4.79 Å². The zero-order chi connectivity index (χ0) is 28.2. The lowest BCUT2D eigenvalue weighted by Gasteiger charge is -2.28. The summed E-state index contributed by atoms with van der Waals surface area (Å²) >= 11 is 9.50. The molecular formula is C28H35BrClN3O5. The van der Waals surface area contributed by atoms with Crippen LogP contribution >= 0.6 is 27.5 Å². The summed E-state index contributed by atoms with van der Waals surface area (Å²) in [6, 6.07) is 9.54. The summed E-state index contributed by atoms with van der Waals surface area (Å²) in [5, 5.41) is 16.1. The molecule has 3 atom stereocenters. The van der Waals surface area contributed by atoms with E-state index in [0.29, 0.717) is 35.5 Å². The van der Waals surface area contributed by atoms with Crippen molar-refractivity contribution >= 4 is 45.4 Å². The van der Waals surface area contributed by atoms with Gasteiger partial charge in [-0.2, -0.15) is 0 Å². The molecule has 0 unspecified atom stereocenters. The number of benzene rings is 2. The summed E-state index contributed by atoms with van der Waals surface area (Å²) in [4.78, 5) is 40.5. The van der Waals surface area contributed by atoms with Crippen LogP contribution in [-0.4, -0.2) is 52.1 Å². The van der Waals surface area contributed by atoms with E-state index < -0.39 is 35.6 Å². The number of hydrogen-bond donors (Lipinski definition) is 3. The summed E-state index contributed by atoms with van der Waals surface area (Å²) in [7, 11) is 0. The Balaban J connectivity index is 1.66. The third-order valence-electron chi connectivity index (χ3n) is 6.31. The molecule has 8 nitrogen and oxygen atoms in total. The molecule has 1 fully saturated rings. The molecule has 0 saturated carbocycles. The van der Waals surface area contributed by atoms with E-state index in [9.17, 15) is 19.5 Å². The molecule has 0 aliphatic carbocycles. The maximum absolute atomic E-state index is 13.3. The summed E-state index contributed by atoms with van der Waals surface area (Å²) in [5.74, 6) is -0.735. The zero-order valence-corrected chi connectivity index (χ0v) is 24.6. The minimum atomic E-state index is -0.865. The first kappa shape index (κ1) is 29.8. The summed E-state index contributed by atoms with van der Waals surface area (Å²) in [5.41, 5.74) is 1.48. The number of hydrogen-bond acceptors (Lipinski definition) is 5. The van der Waals surface area contributed by atoms with Crippen LogP contribution in [0.15, 0.2) is 40.9 Å². The Morgan fingerprint density at radius 3 is 2.50 bits per heavy atom. The minimum Gasteiger partial charge on any atom is -0.507 e. The standard InChI is InChI=1S/C28H35BrClN3O5/c1-16-10-22(30)13-20(24(16)34)14-31-25(35)17(2)32-26(36)23-12-19(11-18-6-8-21(29)9-7-18)15-33(23)27(37)38-28(3,4)5/h6-10,13,17,19,23,34H,11-12,14-15H2,1-5H3,(H,31,35)(H,32,36)/t17-,19-,23+/m0/s1. The van der Waals surface area contributed by atoms with Gasteiger partial charge in [-0.1, -0.05) is 39.7 Å². The van der Waals surface area contributed by atoms with Crippen molar-refractivity contribution in [2.24, 2.45) is 5.92 Å². The number of phenolic OH excluding ortho intramolecular Hbond substituents is 1. The number of rotatable bonds is 7. The Kier molecular flexibility index (Phi) is 9.70. The molecule has 1 aliphatic rings. The van der Waals surface area contributed by atoms with E-state index in [1.54, 1.807) is 46.8 Å². The number of halogens is 2. The molecule has 0 spiro atoms. The van der Waals surface area contributed by atoms with Gasteiger partial charge in [0.2, 0.25) is 11.8 Å². The number of aryl methyl sites for hydroxylation is 1. The molecule has 0 aromatic heterocycles. The largest absolute Gasteiger partial charge is 0.507 e. The van der Waals surface area contributed by atoms with Crippen LogP contribution < -0.4 is 10.6 Å². The fourth-order valence-electron chi connectivity index (χ4n) is 4.45. The van der Waals surface area contributed by atoms with Crippen molar-refractivity contribution in [1.82, 2.24) is 15.5 Å². The maximum Gasteiger partial charge on any atom is 0.410 e. The molecule has 0 radical (unpaired) electrons. The third kappa shape index (κ3) is 8.11. The van der Waals surface area contributed by atoms with Crippen molar-refractivity contribution in [3.63, 3.8) is 0 Å². The smallest absolute Gasteiger partial charge is 0.410 e. The van der Waals surface area contributed by atoms with E-state index in [1.165, 1.54) is 4.90 Å². The van der Waals surface area contributed by atoms with Crippen molar-refractivity contribution in [2.45, 2.75) is 71.7 Å². The lowest BCUT2D eigenvalue weighted by atomic mass is 9.96. The molecule has 206 valence electrons. The summed E-state index contributed by atoms with van der Waals surface area (Å²) in [6.45, 7) is 9.05. The molecule has 1 aliphatic heterocycles. The van der Waals surface area contributed by atoms with Gasteiger partial charge in [0, 0.05) is 28.1 Å². The Morgan fingerprint density at radius 2 is 1.87 bits per heavy atom. The highest BCUT2D eigenvalue weighted by atomic mass is 79.9. The predicted octanol–water partition coefficient (Wildman–Crippen LogP) is 5.11. The molecule has 0 bridgehead atoms. The fourth-order valence-corrected chi connectivity index (χ4v) is 5.01. The van der Waals surface area contributed by atoms with Crippen LogP contribution in [-0.2, 0) is 27.3 Å². The second-order valence-electron chi connectivity index (χ2n) is 10.8. The number of carbonyl (C=O) groups is 3. The molecule has 38 heavy (non-hydrogen) atoms. The van der Waals surface area contributed by atoms with Crippen molar-refractivity contribution < 1.29 is 24.2 Å². The number of phenols is 1. The Bertz CT molecular complexity index is 1180. The number of amides is 3. The number of carbonyl (C=O) groups excluding carboxylic acids is 3. The number of ether oxygens (including phenoxy) is 1. The quantitative estimate of drug-likeness (QED) is 0.405. The van der Waals surface area contributed by atoms with Crippen LogP contribution in [0.1, 0.15) is 50.8 Å². The Morgan fingerprint density at radius 1 is 1.21 bits per heavy atom. The van der Waals surface area contributed by atoms with Crippen LogP contribution in [0.5, 0.6) is 5.75 Å². The van der Waals surface area contributed by atoms with Crippen molar-refractivity contribution in [2.75, 3.05) is 6.54 Å². The molecule has 3 amide bonds. The lowest BCUT2D eigenvalue weighted by molar-refractivity contribution is -0.131. The summed E-state index contributed by atoms with van der Waals surface area (Å²) in [6.07, 6.45) is 0.597. The average Bonchev–Trinajstić information content (AvgIpc) is 3.24. The van der Waals surface area contributed by atoms with Gasteiger partial charge in [-0.05, 0) is 88.8 Å². The van der Waals surface area contributed by atoms with E-state index in [2.05, 4.69) is 26.6 Å². The number of likely N-dealkylation sites (tertiary alicyclic amines) is 1. The Hall–Kier alpha value is -2.78. The van der Waals surface area contributed by atoms with Gasteiger partial charge in [0.1, 0.15) is 23.4 Å². The van der Waals surface area contributed by atoms with Crippen LogP contribution in [0.2, 0.25) is 5.02 Å². The lowest BCUT2D eigenvalue weighted by Crippen LogP contribution is -2.52. The van der Waals surface area contributed by atoms with E-state index in [4.69, 9.17) is 16.3 Å². The van der Waals surface area contributed by atoms with Gasteiger partial charge in [-0.3, -0.25) is 14.5 Å². The van der Waals surface area contributed by atoms with Gasteiger partial charge in [0.15, 0.2) is 0 Å². The maximum atomic E-state index is 13.3. The van der Waals surface area contributed by atoms with Gasteiger partial charge in [0.25, 0.3) is 0 Å². The molecule has 3 N–H and O–H groups in total. The van der Waals surface area contributed by atoms with Gasteiger partial charge in [-0.15, -0.1) is 0 Å². The fraction of sp³-hybridized carbons (Fsp3) is 0.464. The second-order valence-corrected chi connectivity index (χ2v) is 12.1. The number of aromatic hydroxyl groups is 1. The molecule has 1 saturated heterocycles. The number of nitrogens with zero attached hydrogens (tertiary/aromatic N) is 1. The van der Waals surface area contributed by atoms with Crippen molar-refractivity contribution in [3.05, 3.63) is 62.6 Å². The van der Waals surface area contributed by atoms with Crippen LogP contribution in [0, 0.1) is 12.8 Å². The normalized spacial score (nSPS) is 18.1. The monoisotopic (exact) mass is 607 g/mol. The van der Waals surface area contributed by atoms with E-state index >= 15 is 0 Å². The topological polar surface area (TPSA) is 108 Å². The molecule has 10 heteroatoms. The highest BCUT2D eigenvalue weighted by Crippen LogP contribution is 2.29. The average molecular weight is 609 g/mol. The van der Waals surface area contributed by atoms with Gasteiger partial charge in [-0.25, -0.2) is 4.79 Å². The van der Waals surface area contributed by atoms with Gasteiger partial charge < -0.3 is 20.5 Å². The van der Waals surface area contributed by atoms with Crippen LogP contribution in [0.25, 0.3) is 0 Å². The van der Waals surface area contributed by atoms with Gasteiger partial charge in [0.05, 0.1) is 0 Å². The second kappa shape index (κ2) is 12.4. The van der Waals surface area contributed by atoms with Crippen molar-refractivity contribution in [3.8, 4) is 5.75 Å². The zero-order valence-electron chi connectivity index (χ0n) is 22.3. The highest BCUT2D eigenvalue weighted by molar-refractivity contribution is 9.10. The Labute approximate surface area is 237 Å². The van der Waals surface area contributed by atoms with E-state index in [-0.39, 0.29) is 18.2 Å². The molecule has 2 aromatic carbocycles. The third-order valence-corrected chi connectivity index (χ3v) is 7.05. The van der Waals surface area contributed by atoms with Crippen LogP contribution in [0.3, 0.4) is 0 Å². The molecule has 1 heterocycles. The first-order valence-corrected chi connectivity index (χ1v) is 13.7. The summed E-state index contributed by atoms with van der Waals surface area (Å²) < 4.78 is 6.55. The highest BCUT2D eigenvalue weighted by Gasteiger charge is 2.42. The first-order chi connectivity index (χ1) is 17.7. The SMILES string of the molecule is Cc1cc(Cl)cc(CNC(=O)[C@H](C)NC(=O)[C@H]2C[C@H](Cc3ccc(Br)cc3)CN2C(=O)OC(C)(C)C)c1O. The van der Waals surface area contributed by atoms with Gasteiger partial charge >= 0.3 is 6.09 Å². The van der Waals surface area contributed by atoms with Crippen molar-refractivity contribution in [1.29, 1.82) is 0 Å². The first-order valence-electron chi connectivity index (χ1n) is 12.5. The van der Waals surface area contributed by atoms with E-state index in [1.807, 2.05) is 24.3 Å².